The summed E-state index contributed by atoms with van der Waals surface area (Å²) in [6, 6.07) is 2.86. The van der Waals surface area contributed by atoms with Gasteiger partial charge in [-0.2, -0.15) is 0 Å². The van der Waals surface area contributed by atoms with E-state index in [-0.39, 0.29) is 5.41 Å². The van der Waals surface area contributed by atoms with Crippen molar-refractivity contribution in [2.45, 2.75) is 39.5 Å². The molecule has 0 spiro atoms. The summed E-state index contributed by atoms with van der Waals surface area (Å²) in [6.07, 6.45) is 0.726. The van der Waals surface area contributed by atoms with E-state index in [9.17, 15) is 8.78 Å². The molecule has 2 heteroatoms. The average Bonchev–Trinajstić information content (AvgIpc) is 2.07. The summed E-state index contributed by atoms with van der Waals surface area (Å²) in [5.41, 5.74) is 1.04. The quantitative estimate of drug-likeness (QED) is 0.643. The molecule has 1 rings (SSSR count). The SMILES string of the molecule is CCc1ccc(F)c(F)c1C(C)(C)C. The van der Waals surface area contributed by atoms with Gasteiger partial charge in [-0.3, -0.25) is 0 Å². The van der Waals surface area contributed by atoms with Crippen LogP contribution in [-0.4, -0.2) is 0 Å². The van der Waals surface area contributed by atoms with E-state index < -0.39 is 11.6 Å². The summed E-state index contributed by atoms with van der Waals surface area (Å²) in [6.45, 7) is 7.62. The lowest BCUT2D eigenvalue weighted by molar-refractivity contribution is 0.461. The maximum absolute atomic E-state index is 13.6. The normalized spacial score (nSPS) is 11.9. The van der Waals surface area contributed by atoms with Gasteiger partial charge in [-0.1, -0.05) is 33.8 Å². The van der Waals surface area contributed by atoms with Crippen molar-refractivity contribution in [1.29, 1.82) is 0 Å². The average molecular weight is 198 g/mol. The molecule has 0 atom stereocenters. The highest BCUT2D eigenvalue weighted by atomic mass is 19.2. The molecular formula is C12H16F2. The van der Waals surface area contributed by atoms with Gasteiger partial charge in [0.2, 0.25) is 0 Å². The minimum Gasteiger partial charge on any atom is -0.204 e. The molecule has 0 N–H and O–H groups in total. The van der Waals surface area contributed by atoms with E-state index >= 15 is 0 Å². The van der Waals surface area contributed by atoms with Crippen molar-refractivity contribution in [2.24, 2.45) is 0 Å². The van der Waals surface area contributed by atoms with Crippen LogP contribution in [0.3, 0.4) is 0 Å². The second kappa shape index (κ2) is 3.68. The van der Waals surface area contributed by atoms with Crippen molar-refractivity contribution in [3.63, 3.8) is 0 Å². The van der Waals surface area contributed by atoms with Crippen molar-refractivity contribution >= 4 is 0 Å². The van der Waals surface area contributed by atoms with E-state index in [0.717, 1.165) is 12.0 Å². The van der Waals surface area contributed by atoms with Crippen LogP contribution in [0.25, 0.3) is 0 Å². The third-order valence-corrected chi connectivity index (χ3v) is 2.31. The lowest BCUT2D eigenvalue weighted by Crippen LogP contribution is -2.17. The molecule has 0 unspecified atom stereocenters. The second-order valence-electron chi connectivity index (χ2n) is 4.50. The molecule has 0 radical (unpaired) electrons. The number of hydrogen-bond acceptors (Lipinski definition) is 0. The highest BCUT2D eigenvalue weighted by molar-refractivity contribution is 5.34. The minimum atomic E-state index is -0.757. The molecule has 0 aliphatic carbocycles. The maximum atomic E-state index is 13.6. The monoisotopic (exact) mass is 198 g/mol. The highest BCUT2D eigenvalue weighted by Gasteiger charge is 2.23. The lowest BCUT2D eigenvalue weighted by atomic mass is 9.82. The third kappa shape index (κ3) is 1.94. The van der Waals surface area contributed by atoms with Crippen LogP contribution in [0.15, 0.2) is 12.1 Å². The smallest absolute Gasteiger partial charge is 0.162 e. The zero-order valence-corrected chi connectivity index (χ0v) is 9.12. The molecule has 0 heterocycles. The first kappa shape index (κ1) is 11.2. The molecule has 78 valence electrons. The van der Waals surface area contributed by atoms with E-state index in [0.29, 0.717) is 5.56 Å². The Morgan fingerprint density at radius 1 is 1.14 bits per heavy atom. The molecule has 0 saturated heterocycles. The lowest BCUT2D eigenvalue weighted by Gasteiger charge is -2.23. The molecule has 0 aliphatic heterocycles. The number of halogens is 2. The van der Waals surface area contributed by atoms with Gasteiger partial charge < -0.3 is 0 Å². The fourth-order valence-corrected chi connectivity index (χ4v) is 1.70. The molecule has 0 aliphatic rings. The first-order valence-electron chi connectivity index (χ1n) is 4.85. The Kier molecular flexibility index (Phi) is 2.93. The van der Waals surface area contributed by atoms with Gasteiger partial charge in [0, 0.05) is 0 Å². The van der Waals surface area contributed by atoms with Crippen LogP contribution in [0, 0.1) is 11.6 Å². The van der Waals surface area contributed by atoms with Crippen LogP contribution >= 0.6 is 0 Å². The molecule has 14 heavy (non-hydrogen) atoms. The summed E-state index contributed by atoms with van der Waals surface area (Å²) in [5, 5.41) is 0. The van der Waals surface area contributed by atoms with Gasteiger partial charge in [0.1, 0.15) is 0 Å². The van der Waals surface area contributed by atoms with Crippen LogP contribution in [0.2, 0.25) is 0 Å². The van der Waals surface area contributed by atoms with Crippen LogP contribution < -0.4 is 0 Å². The van der Waals surface area contributed by atoms with Crippen molar-refractivity contribution in [2.75, 3.05) is 0 Å². The van der Waals surface area contributed by atoms with Crippen molar-refractivity contribution < 1.29 is 8.78 Å². The number of rotatable bonds is 1. The largest absolute Gasteiger partial charge is 0.204 e. The number of benzene rings is 1. The van der Waals surface area contributed by atoms with Gasteiger partial charge in [0.05, 0.1) is 0 Å². The maximum Gasteiger partial charge on any atom is 0.162 e. The highest BCUT2D eigenvalue weighted by Crippen LogP contribution is 2.30. The van der Waals surface area contributed by atoms with E-state index in [2.05, 4.69) is 0 Å². The number of hydrogen-bond donors (Lipinski definition) is 0. The van der Waals surface area contributed by atoms with Gasteiger partial charge in [0.15, 0.2) is 11.6 Å². The Balaban J connectivity index is 3.44. The molecular weight excluding hydrogens is 182 g/mol. The first-order valence-corrected chi connectivity index (χ1v) is 4.85. The standard InChI is InChI=1S/C12H16F2/c1-5-8-6-7-9(13)11(14)10(8)12(2,3)4/h6-7H,5H2,1-4H3. The van der Waals surface area contributed by atoms with E-state index in [1.54, 1.807) is 6.07 Å². The molecule has 0 aromatic heterocycles. The summed E-state index contributed by atoms with van der Waals surface area (Å²) in [7, 11) is 0. The molecule has 0 saturated carbocycles. The van der Waals surface area contributed by atoms with Gasteiger partial charge >= 0.3 is 0 Å². The van der Waals surface area contributed by atoms with Crippen molar-refractivity contribution in [3.05, 3.63) is 34.9 Å². The molecule has 1 aromatic carbocycles. The predicted octanol–water partition coefficient (Wildman–Crippen LogP) is 3.82. The fourth-order valence-electron chi connectivity index (χ4n) is 1.70. The molecule has 1 aromatic rings. The molecule has 0 amide bonds. The molecule has 0 bridgehead atoms. The topological polar surface area (TPSA) is 0 Å². The van der Waals surface area contributed by atoms with Crippen LogP contribution in [0.5, 0.6) is 0 Å². The Morgan fingerprint density at radius 3 is 2.14 bits per heavy atom. The van der Waals surface area contributed by atoms with E-state index in [1.165, 1.54) is 6.07 Å². The van der Waals surface area contributed by atoms with Crippen LogP contribution in [0.1, 0.15) is 38.8 Å². The van der Waals surface area contributed by atoms with E-state index in [1.807, 2.05) is 27.7 Å². The molecule has 0 fully saturated rings. The van der Waals surface area contributed by atoms with E-state index in [4.69, 9.17) is 0 Å². The summed E-state index contributed by atoms with van der Waals surface area (Å²) in [4.78, 5) is 0. The first-order chi connectivity index (χ1) is 6.38. The minimum absolute atomic E-state index is 0.350. The zero-order chi connectivity index (χ0) is 10.9. The zero-order valence-electron chi connectivity index (χ0n) is 9.12. The summed E-state index contributed by atoms with van der Waals surface area (Å²) >= 11 is 0. The Morgan fingerprint density at radius 2 is 1.71 bits per heavy atom. The Bertz CT molecular complexity index is 335. The van der Waals surface area contributed by atoms with Crippen LogP contribution in [-0.2, 0) is 11.8 Å². The third-order valence-electron chi connectivity index (χ3n) is 2.31. The van der Waals surface area contributed by atoms with Crippen LogP contribution in [0.4, 0.5) is 8.78 Å². The second-order valence-corrected chi connectivity index (χ2v) is 4.50. The number of aryl methyl sites for hydroxylation is 1. The van der Waals surface area contributed by atoms with Crippen molar-refractivity contribution in [1.82, 2.24) is 0 Å². The van der Waals surface area contributed by atoms with Gasteiger partial charge in [0.25, 0.3) is 0 Å². The van der Waals surface area contributed by atoms with Gasteiger partial charge in [-0.25, -0.2) is 8.78 Å². The van der Waals surface area contributed by atoms with Gasteiger partial charge in [-0.15, -0.1) is 0 Å². The summed E-state index contributed by atoms with van der Waals surface area (Å²) in [5.74, 6) is -1.45. The molecule has 0 nitrogen and oxygen atoms in total. The Labute approximate surface area is 84.0 Å². The fraction of sp³-hybridized carbons (Fsp3) is 0.500. The summed E-state index contributed by atoms with van der Waals surface area (Å²) < 4.78 is 26.6. The van der Waals surface area contributed by atoms with Crippen molar-refractivity contribution in [3.8, 4) is 0 Å². The predicted molar refractivity (Wildman–Crippen MR) is 54.4 cm³/mol. The Hall–Kier alpha value is -0.920. The van der Waals surface area contributed by atoms with Gasteiger partial charge in [-0.05, 0) is 29.0 Å².